The molecule has 25 heavy (non-hydrogen) atoms. The number of nitrogens with zero attached hydrogens (tertiary/aromatic N) is 1. The standard InChI is InChI=1S/C15H19ClN2O7/c1-2-23-13(22)7-3-4-8(16)17-12(7)18-9-10(20)11(21)15(5-19)6-24-14(9)25-15/h3-4,9-11,14,19-21H,2,5-6H2,1H3,(H,17,18)/t9-,10-,11-,14+,15+/m1/s1. The number of carbonyl (C=O) groups is 1. The Morgan fingerprint density at radius 2 is 2.28 bits per heavy atom. The van der Waals surface area contributed by atoms with E-state index in [9.17, 15) is 20.1 Å². The number of esters is 1. The molecule has 2 bridgehead atoms. The number of fused-ring (bicyclic) bond motifs is 2. The van der Waals surface area contributed by atoms with Crippen LogP contribution in [0.4, 0.5) is 5.82 Å². The molecule has 10 heteroatoms. The summed E-state index contributed by atoms with van der Waals surface area (Å²) in [5, 5.41) is 33.1. The third kappa shape index (κ3) is 3.19. The summed E-state index contributed by atoms with van der Waals surface area (Å²) in [5.41, 5.74) is -1.25. The Morgan fingerprint density at radius 1 is 1.52 bits per heavy atom. The summed E-state index contributed by atoms with van der Waals surface area (Å²) < 4.78 is 16.0. The number of carbonyl (C=O) groups excluding carboxylic acids is 1. The average molecular weight is 375 g/mol. The van der Waals surface area contributed by atoms with E-state index in [1.54, 1.807) is 6.92 Å². The van der Waals surface area contributed by atoms with Crippen molar-refractivity contribution in [2.24, 2.45) is 0 Å². The van der Waals surface area contributed by atoms with E-state index in [-0.39, 0.29) is 29.7 Å². The fraction of sp³-hybridized carbons (Fsp3) is 0.600. The van der Waals surface area contributed by atoms with Gasteiger partial charge in [0.05, 0.1) is 19.8 Å². The summed E-state index contributed by atoms with van der Waals surface area (Å²) in [4.78, 5) is 16.1. The average Bonchev–Trinajstić information content (AvgIpc) is 3.00. The maximum atomic E-state index is 12.1. The van der Waals surface area contributed by atoms with Crippen LogP contribution >= 0.6 is 11.6 Å². The third-order valence-electron chi connectivity index (χ3n) is 4.29. The minimum absolute atomic E-state index is 0.0674. The van der Waals surface area contributed by atoms with Crippen LogP contribution < -0.4 is 5.32 Å². The quantitative estimate of drug-likeness (QED) is 0.399. The van der Waals surface area contributed by atoms with E-state index in [0.29, 0.717) is 0 Å². The van der Waals surface area contributed by atoms with Gasteiger partial charge in [0.2, 0.25) is 0 Å². The van der Waals surface area contributed by atoms with Gasteiger partial charge >= 0.3 is 5.97 Å². The maximum absolute atomic E-state index is 12.1. The van der Waals surface area contributed by atoms with E-state index in [2.05, 4.69) is 10.3 Å². The number of hydrogen-bond donors (Lipinski definition) is 4. The topological polar surface area (TPSA) is 130 Å². The second kappa shape index (κ2) is 7.02. The summed E-state index contributed by atoms with van der Waals surface area (Å²) >= 11 is 5.89. The first-order valence-corrected chi connectivity index (χ1v) is 8.16. The molecule has 138 valence electrons. The van der Waals surface area contributed by atoms with Crippen molar-refractivity contribution in [1.29, 1.82) is 0 Å². The highest BCUT2D eigenvalue weighted by atomic mass is 35.5. The second-order valence-electron chi connectivity index (χ2n) is 5.88. The lowest BCUT2D eigenvalue weighted by Crippen LogP contribution is -2.64. The zero-order chi connectivity index (χ0) is 18.2. The number of aliphatic hydroxyl groups is 3. The number of aromatic nitrogens is 1. The highest BCUT2D eigenvalue weighted by Crippen LogP contribution is 2.38. The predicted molar refractivity (Wildman–Crippen MR) is 85.3 cm³/mol. The number of hydrogen-bond acceptors (Lipinski definition) is 9. The minimum atomic E-state index is -1.39. The van der Waals surface area contributed by atoms with Crippen LogP contribution in [0.2, 0.25) is 5.15 Å². The first-order chi connectivity index (χ1) is 11.9. The van der Waals surface area contributed by atoms with E-state index < -0.39 is 42.7 Å². The SMILES string of the molecule is CCOC(=O)c1ccc(Cl)nc1N[C@H]1[C@H]2OC[C@](CO)(O2)[C@H](O)[C@@H]1O. The maximum Gasteiger partial charge on any atom is 0.341 e. The van der Waals surface area contributed by atoms with Gasteiger partial charge in [-0.1, -0.05) is 11.6 Å². The molecule has 0 spiro atoms. The fourth-order valence-electron chi connectivity index (χ4n) is 2.93. The van der Waals surface area contributed by atoms with Crippen molar-refractivity contribution < 1.29 is 34.3 Å². The van der Waals surface area contributed by atoms with E-state index >= 15 is 0 Å². The largest absolute Gasteiger partial charge is 0.462 e. The Labute approximate surface area is 148 Å². The molecule has 9 nitrogen and oxygen atoms in total. The first kappa shape index (κ1) is 18.3. The van der Waals surface area contributed by atoms with Crippen molar-refractivity contribution in [2.75, 3.05) is 25.1 Å². The molecule has 5 atom stereocenters. The number of nitrogens with one attached hydrogen (secondary N) is 1. The lowest BCUT2D eigenvalue weighted by atomic mass is 9.88. The number of aliphatic hydroxyl groups excluding tert-OH is 3. The molecule has 3 rings (SSSR count). The van der Waals surface area contributed by atoms with Gasteiger partial charge in [0.15, 0.2) is 6.29 Å². The monoisotopic (exact) mass is 374 g/mol. The van der Waals surface area contributed by atoms with Gasteiger partial charge in [-0.05, 0) is 19.1 Å². The van der Waals surface area contributed by atoms with Crippen LogP contribution in [-0.4, -0.2) is 76.2 Å². The zero-order valence-corrected chi connectivity index (χ0v) is 14.1. The van der Waals surface area contributed by atoms with Gasteiger partial charge in [-0.3, -0.25) is 0 Å². The van der Waals surface area contributed by atoms with Crippen molar-refractivity contribution in [3.8, 4) is 0 Å². The van der Waals surface area contributed by atoms with E-state index in [1.807, 2.05) is 0 Å². The van der Waals surface area contributed by atoms with E-state index in [0.717, 1.165) is 0 Å². The van der Waals surface area contributed by atoms with Gasteiger partial charge < -0.3 is 34.8 Å². The van der Waals surface area contributed by atoms with Crippen molar-refractivity contribution in [1.82, 2.24) is 4.98 Å². The lowest BCUT2D eigenvalue weighted by Gasteiger charge is -2.42. The van der Waals surface area contributed by atoms with Crippen LogP contribution in [0, 0.1) is 0 Å². The Bertz CT molecular complexity index is 661. The number of ether oxygens (including phenoxy) is 3. The Hall–Kier alpha value is -1.49. The Morgan fingerprint density at radius 3 is 2.96 bits per heavy atom. The summed E-state index contributed by atoms with van der Waals surface area (Å²) in [6, 6.07) is 1.94. The van der Waals surface area contributed by atoms with Crippen LogP contribution in [-0.2, 0) is 14.2 Å². The molecular weight excluding hydrogens is 356 g/mol. The van der Waals surface area contributed by atoms with E-state index in [1.165, 1.54) is 12.1 Å². The van der Waals surface area contributed by atoms with Crippen LogP contribution in [0.25, 0.3) is 0 Å². The molecule has 2 aliphatic rings. The highest BCUT2D eigenvalue weighted by Gasteiger charge is 2.59. The molecule has 2 saturated heterocycles. The predicted octanol–water partition coefficient (Wildman–Crippen LogP) is -0.468. The van der Waals surface area contributed by atoms with Crippen molar-refractivity contribution >= 4 is 23.4 Å². The normalized spacial score (nSPS) is 34.0. The molecule has 4 N–H and O–H groups in total. The second-order valence-corrected chi connectivity index (χ2v) is 6.26. The Balaban J connectivity index is 1.87. The lowest BCUT2D eigenvalue weighted by molar-refractivity contribution is -0.224. The van der Waals surface area contributed by atoms with Crippen LogP contribution in [0.3, 0.4) is 0 Å². The molecule has 0 aromatic carbocycles. The number of rotatable bonds is 5. The number of anilines is 1. The molecular formula is C15H19ClN2O7. The van der Waals surface area contributed by atoms with Crippen LogP contribution in [0.15, 0.2) is 12.1 Å². The highest BCUT2D eigenvalue weighted by molar-refractivity contribution is 6.29. The van der Waals surface area contributed by atoms with Gasteiger partial charge in [-0.2, -0.15) is 0 Å². The summed E-state index contributed by atoms with van der Waals surface area (Å²) in [6.07, 6.45) is -3.66. The third-order valence-corrected chi connectivity index (χ3v) is 4.50. The molecule has 0 radical (unpaired) electrons. The van der Waals surface area contributed by atoms with Gasteiger partial charge in [0, 0.05) is 0 Å². The molecule has 1 aromatic rings. The zero-order valence-electron chi connectivity index (χ0n) is 13.4. The van der Waals surface area contributed by atoms with Crippen LogP contribution in [0.5, 0.6) is 0 Å². The van der Waals surface area contributed by atoms with Gasteiger partial charge in [-0.25, -0.2) is 9.78 Å². The molecule has 2 fully saturated rings. The number of pyridine rings is 1. The summed E-state index contributed by atoms with van der Waals surface area (Å²) in [7, 11) is 0. The van der Waals surface area contributed by atoms with Gasteiger partial charge in [0.25, 0.3) is 0 Å². The molecule has 0 amide bonds. The van der Waals surface area contributed by atoms with Gasteiger partial charge in [0.1, 0.15) is 40.4 Å². The smallest absolute Gasteiger partial charge is 0.341 e. The van der Waals surface area contributed by atoms with Crippen molar-refractivity contribution in [3.05, 3.63) is 22.8 Å². The number of halogens is 1. The Kier molecular flexibility index (Phi) is 5.14. The minimum Gasteiger partial charge on any atom is -0.462 e. The molecule has 2 aliphatic heterocycles. The van der Waals surface area contributed by atoms with Gasteiger partial charge in [-0.15, -0.1) is 0 Å². The molecule has 3 heterocycles. The van der Waals surface area contributed by atoms with E-state index in [4.69, 9.17) is 25.8 Å². The molecule has 0 saturated carbocycles. The molecule has 0 aliphatic carbocycles. The molecule has 1 aromatic heterocycles. The van der Waals surface area contributed by atoms with Crippen LogP contribution in [0.1, 0.15) is 17.3 Å². The summed E-state index contributed by atoms with van der Waals surface area (Å²) in [5.74, 6) is -0.546. The van der Waals surface area contributed by atoms with Crippen molar-refractivity contribution in [2.45, 2.75) is 37.1 Å². The molecule has 0 unspecified atom stereocenters. The fourth-order valence-corrected chi connectivity index (χ4v) is 3.08. The summed E-state index contributed by atoms with van der Waals surface area (Å²) in [6.45, 7) is 1.28. The first-order valence-electron chi connectivity index (χ1n) is 7.78. The van der Waals surface area contributed by atoms with Crippen molar-refractivity contribution in [3.63, 3.8) is 0 Å².